The van der Waals surface area contributed by atoms with E-state index in [1.807, 2.05) is 10.3 Å². The molecule has 3 rings (SSSR count). The summed E-state index contributed by atoms with van der Waals surface area (Å²) in [6.07, 6.45) is 6.04. The van der Waals surface area contributed by atoms with Crippen LogP contribution in [0.2, 0.25) is 0 Å². The maximum absolute atomic E-state index is 12.8. The van der Waals surface area contributed by atoms with Crippen molar-refractivity contribution in [3.8, 4) is 10.6 Å². The van der Waals surface area contributed by atoms with Crippen molar-refractivity contribution in [3.63, 3.8) is 0 Å². The molecule has 0 bridgehead atoms. The van der Waals surface area contributed by atoms with E-state index in [4.69, 9.17) is 0 Å². The Morgan fingerprint density at radius 3 is 2.57 bits per heavy atom. The number of rotatable bonds is 4. The highest BCUT2D eigenvalue weighted by atomic mass is 32.1. The van der Waals surface area contributed by atoms with Crippen molar-refractivity contribution < 1.29 is 4.79 Å². The van der Waals surface area contributed by atoms with E-state index in [1.54, 1.807) is 11.3 Å². The highest BCUT2D eigenvalue weighted by molar-refractivity contribution is 7.13. The Bertz CT molecular complexity index is 656. The fourth-order valence-electron chi connectivity index (χ4n) is 3.31. The Morgan fingerprint density at radius 2 is 1.91 bits per heavy atom. The Balaban J connectivity index is 1.78. The number of hydrogen-bond acceptors (Lipinski definition) is 3. The minimum Gasteiger partial charge on any atom is -0.335 e. The van der Waals surface area contributed by atoms with Gasteiger partial charge in [-0.1, -0.05) is 49.1 Å². The molecule has 0 unspecified atom stereocenters. The zero-order chi connectivity index (χ0) is 16.2. The van der Waals surface area contributed by atoms with Crippen LogP contribution in [-0.4, -0.2) is 28.4 Å². The fourth-order valence-corrected chi connectivity index (χ4v) is 4.11. The van der Waals surface area contributed by atoms with Crippen molar-refractivity contribution in [1.29, 1.82) is 0 Å². The summed E-state index contributed by atoms with van der Waals surface area (Å²) in [4.78, 5) is 19.5. The van der Waals surface area contributed by atoms with Crippen LogP contribution < -0.4 is 0 Å². The lowest BCUT2D eigenvalue weighted by molar-refractivity contribution is 0.0643. The monoisotopic (exact) mass is 328 g/mol. The molecule has 0 atom stereocenters. The van der Waals surface area contributed by atoms with Gasteiger partial charge in [-0.05, 0) is 26.7 Å². The molecule has 3 nitrogen and oxygen atoms in total. The first-order chi connectivity index (χ1) is 11.2. The molecular formula is C19H24N2OS. The molecule has 23 heavy (non-hydrogen) atoms. The summed E-state index contributed by atoms with van der Waals surface area (Å²) >= 11 is 1.55. The van der Waals surface area contributed by atoms with Crippen LogP contribution in [0.5, 0.6) is 0 Å². The molecule has 0 saturated heterocycles. The second kappa shape index (κ2) is 7.26. The average molecular weight is 328 g/mol. The topological polar surface area (TPSA) is 33.2 Å². The van der Waals surface area contributed by atoms with Crippen molar-refractivity contribution in [2.45, 2.75) is 52.0 Å². The van der Waals surface area contributed by atoms with E-state index >= 15 is 0 Å². The normalized spacial score (nSPS) is 15.6. The smallest absolute Gasteiger partial charge is 0.273 e. The Kier molecular flexibility index (Phi) is 5.11. The molecule has 0 N–H and O–H groups in total. The quantitative estimate of drug-likeness (QED) is 0.798. The largest absolute Gasteiger partial charge is 0.335 e. The zero-order valence-electron chi connectivity index (χ0n) is 13.9. The Hall–Kier alpha value is -1.68. The number of thiazole rings is 1. The van der Waals surface area contributed by atoms with E-state index in [2.05, 4.69) is 43.1 Å². The van der Waals surface area contributed by atoms with Crippen LogP contribution in [0.15, 0.2) is 29.6 Å². The number of carbonyl (C=O) groups excluding carboxylic acids is 1. The van der Waals surface area contributed by atoms with Crippen LogP contribution in [0.25, 0.3) is 10.6 Å². The van der Waals surface area contributed by atoms with Crippen molar-refractivity contribution in [2.75, 3.05) is 6.54 Å². The molecule has 1 aliphatic rings. The summed E-state index contributed by atoms with van der Waals surface area (Å²) in [5.74, 6) is 0.0917. The van der Waals surface area contributed by atoms with E-state index in [0.29, 0.717) is 11.7 Å². The average Bonchev–Trinajstić information content (AvgIpc) is 3.07. The summed E-state index contributed by atoms with van der Waals surface area (Å²) in [6, 6.07) is 8.70. The van der Waals surface area contributed by atoms with Crippen molar-refractivity contribution >= 4 is 17.2 Å². The molecule has 1 saturated carbocycles. The highest BCUT2D eigenvalue weighted by Gasteiger charge is 2.26. The van der Waals surface area contributed by atoms with Crippen LogP contribution in [0.3, 0.4) is 0 Å². The summed E-state index contributed by atoms with van der Waals surface area (Å²) < 4.78 is 0. The molecule has 0 spiro atoms. The molecule has 2 aromatic rings. The number of nitrogens with zero attached hydrogens (tertiary/aromatic N) is 2. The van der Waals surface area contributed by atoms with Crippen LogP contribution in [-0.2, 0) is 0 Å². The standard InChI is InChI=1S/C19H24N2OS/c1-3-21(16-7-5-4-6-8-16)19(22)17-13-23-18(20-17)15-11-9-14(2)10-12-15/h9-13,16H,3-8H2,1-2H3. The number of aryl methyl sites for hydroxylation is 1. The van der Waals surface area contributed by atoms with Gasteiger partial charge in [-0.15, -0.1) is 11.3 Å². The van der Waals surface area contributed by atoms with Gasteiger partial charge in [-0.2, -0.15) is 0 Å². The number of amides is 1. The van der Waals surface area contributed by atoms with Crippen LogP contribution in [0.1, 0.15) is 55.1 Å². The molecule has 0 aliphatic heterocycles. The number of carbonyl (C=O) groups is 1. The second-order valence-corrected chi connectivity index (χ2v) is 7.15. The van der Waals surface area contributed by atoms with Gasteiger partial charge in [0, 0.05) is 23.5 Å². The predicted molar refractivity (Wildman–Crippen MR) is 95.9 cm³/mol. The van der Waals surface area contributed by atoms with E-state index < -0.39 is 0 Å². The molecule has 1 aliphatic carbocycles. The third-order valence-electron chi connectivity index (χ3n) is 4.64. The first kappa shape index (κ1) is 16.2. The summed E-state index contributed by atoms with van der Waals surface area (Å²) in [7, 11) is 0. The van der Waals surface area contributed by atoms with E-state index in [9.17, 15) is 4.79 Å². The van der Waals surface area contributed by atoms with Gasteiger partial charge in [0.1, 0.15) is 10.7 Å². The number of benzene rings is 1. The molecule has 1 aromatic carbocycles. The van der Waals surface area contributed by atoms with Gasteiger partial charge in [0.2, 0.25) is 0 Å². The minimum atomic E-state index is 0.0917. The van der Waals surface area contributed by atoms with Crippen molar-refractivity contribution in [1.82, 2.24) is 9.88 Å². The van der Waals surface area contributed by atoms with Crippen molar-refractivity contribution in [2.24, 2.45) is 0 Å². The van der Waals surface area contributed by atoms with Gasteiger partial charge >= 0.3 is 0 Å². The third-order valence-corrected chi connectivity index (χ3v) is 5.53. The van der Waals surface area contributed by atoms with E-state index in [0.717, 1.165) is 30.0 Å². The fraction of sp³-hybridized carbons (Fsp3) is 0.474. The minimum absolute atomic E-state index is 0.0917. The Morgan fingerprint density at radius 1 is 1.22 bits per heavy atom. The molecule has 1 heterocycles. The Labute approximate surface area is 142 Å². The SMILES string of the molecule is CCN(C(=O)c1csc(-c2ccc(C)cc2)n1)C1CCCCC1. The van der Waals surface area contributed by atoms with Crippen molar-refractivity contribution in [3.05, 3.63) is 40.9 Å². The lowest BCUT2D eigenvalue weighted by atomic mass is 9.94. The summed E-state index contributed by atoms with van der Waals surface area (Å²) in [6.45, 7) is 4.91. The van der Waals surface area contributed by atoms with Gasteiger partial charge in [0.05, 0.1) is 0 Å². The summed E-state index contributed by atoms with van der Waals surface area (Å²) in [5, 5.41) is 2.83. The van der Waals surface area contributed by atoms with E-state index in [-0.39, 0.29) is 5.91 Å². The van der Waals surface area contributed by atoms with Gasteiger partial charge < -0.3 is 4.90 Å². The third kappa shape index (κ3) is 3.63. The molecule has 122 valence electrons. The van der Waals surface area contributed by atoms with Gasteiger partial charge in [-0.25, -0.2) is 4.98 Å². The maximum Gasteiger partial charge on any atom is 0.273 e. The zero-order valence-corrected chi connectivity index (χ0v) is 14.7. The molecule has 1 aromatic heterocycles. The number of hydrogen-bond donors (Lipinski definition) is 0. The lowest BCUT2D eigenvalue weighted by Crippen LogP contribution is -2.41. The highest BCUT2D eigenvalue weighted by Crippen LogP contribution is 2.27. The first-order valence-electron chi connectivity index (χ1n) is 8.52. The van der Waals surface area contributed by atoms with Gasteiger partial charge in [0.25, 0.3) is 5.91 Å². The van der Waals surface area contributed by atoms with Gasteiger partial charge in [0.15, 0.2) is 0 Å². The molecule has 4 heteroatoms. The molecule has 0 radical (unpaired) electrons. The summed E-state index contributed by atoms with van der Waals surface area (Å²) in [5.41, 5.74) is 2.91. The van der Waals surface area contributed by atoms with E-state index in [1.165, 1.54) is 24.8 Å². The van der Waals surface area contributed by atoms with Crippen LogP contribution in [0.4, 0.5) is 0 Å². The van der Waals surface area contributed by atoms with Crippen LogP contribution in [0, 0.1) is 6.92 Å². The second-order valence-electron chi connectivity index (χ2n) is 6.29. The number of aromatic nitrogens is 1. The van der Waals surface area contributed by atoms with Gasteiger partial charge in [-0.3, -0.25) is 4.79 Å². The molecular weight excluding hydrogens is 304 g/mol. The molecule has 1 fully saturated rings. The maximum atomic E-state index is 12.8. The lowest BCUT2D eigenvalue weighted by Gasteiger charge is -2.33. The first-order valence-corrected chi connectivity index (χ1v) is 9.40. The molecule has 1 amide bonds. The van der Waals surface area contributed by atoms with Crippen LogP contribution >= 0.6 is 11.3 Å². The predicted octanol–water partition coefficient (Wildman–Crippen LogP) is 4.91.